The van der Waals surface area contributed by atoms with Gasteiger partial charge in [0.25, 0.3) is 5.91 Å². The van der Waals surface area contributed by atoms with Crippen LogP contribution in [0.3, 0.4) is 0 Å². The Kier molecular flexibility index (Phi) is 8.73. The fourth-order valence-corrected chi connectivity index (χ4v) is 6.78. The number of carbonyl (C=O) groups excluding carboxylic acids is 1. The smallest absolute Gasteiger partial charge is 0.266 e. The summed E-state index contributed by atoms with van der Waals surface area (Å²) >= 11 is 12.1. The molecular weight excluding hydrogens is 525 g/mol. The topological polar surface area (TPSA) is 99.2 Å². The number of amides is 1. The Labute approximate surface area is 215 Å². The number of rotatable bonds is 5. The minimum atomic E-state index is -3.98. The van der Waals surface area contributed by atoms with Crippen LogP contribution in [-0.2, 0) is 19.6 Å². The lowest BCUT2D eigenvalue weighted by molar-refractivity contribution is -0.134. The van der Waals surface area contributed by atoms with Crippen LogP contribution in [0.4, 0.5) is 5.69 Å². The van der Waals surface area contributed by atoms with Gasteiger partial charge in [-0.1, -0.05) is 41.4 Å². The quantitative estimate of drug-likeness (QED) is 0.436. The SMILES string of the molecule is Cl.O=C(NO)C1(S(=O)(=O)N2CCN(c3ccc(-c4ccc(Cl)c(Cl)c4)cc3)CC2)CCOCC1. The van der Waals surface area contributed by atoms with Crippen molar-refractivity contribution >= 4 is 57.2 Å². The molecule has 2 N–H and O–H groups in total. The van der Waals surface area contributed by atoms with Gasteiger partial charge < -0.3 is 9.64 Å². The van der Waals surface area contributed by atoms with Gasteiger partial charge in [-0.3, -0.25) is 10.0 Å². The molecule has 8 nitrogen and oxygen atoms in total. The summed E-state index contributed by atoms with van der Waals surface area (Å²) in [5.74, 6) is -0.897. The predicted molar refractivity (Wildman–Crippen MR) is 135 cm³/mol. The summed E-state index contributed by atoms with van der Waals surface area (Å²) in [7, 11) is -3.98. The normalized spacial score (nSPS) is 18.7. The third kappa shape index (κ3) is 5.02. The fourth-order valence-electron chi connectivity index (χ4n) is 4.38. The van der Waals surface area contributed by atoms with Gasteiger partial charge in [0.15, 0.2) is 4.75 Å². The Hall–Kier alpha value is -1.59. The highest BCUT2D eigenvalue weighted by Crippen LogP contribution is 2.34. The Morgan fingerprint density at radius 1 is 0.941 bits per heavy atom. The summed E-state index contributed by atoms with van der Waals surface area (Å²) in [5.41, 5.74) is 4.48. The molecular formula is C22H26Cl3N3O5S. The number of hydrogen-bond acceptors (Lipinski definition) is 6. The number of nitrogens with one attached hydrogen (secondary N) is 1. The molecule has 0 aromatic heterocycles. The Bertz CT molecular complexity index is 1120. The highest BCUT2D eigenvalue weighted by molar-refractivity contribution is 7.91. The zero-order valence-electron chi connectivity index (χ0n) is 18.2. The van der Waals surface area contributed by atoms with Crippen molar-refractivity contribution in [2.45, 2.75) is 17.6 Å². The summed E-state index contributed by atoms with van der Waals surface area (Å²) in [4.78, 5) is 14.5. The predicted octanol–water partition coefficient (Wildman–Crippen LogP) is 3.59. The van der Waals surface area contributed by atoms with Crippen LogP contribution in [0.25, 0.3) is 11.1 Å². The summed E-state index contributed by atoms with van der Waals surface area (Å²) in [6.45, 7) is 1.77. The van der Waals surface area contributed by atoms with Gasteiger partial charge in [-0.2, -0.15) is 4.31 Å². The summed E-state index contributed by atoms with van der Waals surface area (Å²) < 4.78 is 31.8. The van der Waals surface area contributed by atoms with Gasteiger partial charge in [-0.25, -0.2) is 13.9 Å². The molecule has 4 rings (SSSR count). The highest BCUT2D eigenvalue weighted by Gasteiger charge is 2.54. The lowest BCUT2D eigenvalue weighted by atomic mass is 9.98. The van der Waals surface area contributed by atoms with Crippen LogP contribution in [0.1, 0.15) is 12.8 Å². The van der Waals surface area contributed by atoms with Crippen molar-refractivity contribution in [3.8, 4) is 11.1 Å². The van der Waals surface area contributed by atoms with E-state index in [-0.39, 0.29) is 51.6 Å². The molecule has 0 saturated carbocycles. The van der Waals surface area contributed by atoms with Crippen molar-refractivity contribution in [3.05, 3.63) is 52.5 Å². The summed E-state index contributed by atoms with van der Waals surface area (Å²) in [6.07, 6.45) is 0.0240. The van der Waals surface area contributed by atoms with E-state index in [4.69, 9.17) is 27.9 Å². The van der Waals surface area contributed by atoms with Crippen molar-refractivity contribution in [3.63, 3.8) is 0 Å². The average molecular weight is 551 g/mol. The first-order chi connectivity index (χ1) is 15.8. The lowest BCUT2D eigenvalue weighted by Crippen LogP contribution is -2.62. The number of piperazine rings is 1. The van der Waals surface area contributed by atoms with E-state index >= 15 is 0 Å². The maximum absolute atomic E-state index is 13.4. The number of sulfonamides is 1. The van der Waals surface area contributed by atoms with Crippen molar-refractivity contribution in [1.82, 2.24) is 9.79 Å². The molecule has 0 unspecified atom stereocenters. The standard InChI is InChI=1S/C22H25Cl2N3O5S.ClH/c23-19-6-3-17(15-20(19)24)16-1-4-18(5-2-16)26-9-11-27(12-10-26)33(30,31)22(21(28)25-29)7-13-32-14-8-22;/h1-6,15,29H,7-14H2,(H,25,28);1H. The molecule has 2 aliphatic rings. The molecule has 0 radical (unpaired) electrons. The number of nitrogens with zero attached hydrogens (tertiary/aromatic N) is 2. The number of carbonyl (C=O) groups is 1. The molecule has 0 bridgehead atoms. The Morgan fingerprint density at radius 3 is 2.09 bits per heavy atom. The van der Waals surface area contributed by atoms with E-state index in [0.717, 1.165) is 16.8 Å². The lowest BCUT2D eigenvalue weighted by Gasteiger charge is -2.42. The Balaban J connectivity index is 0.00000324. The maximum atomic E-state index is 13.4. The zero-order chi connectivity index (χ0) is 23.6. The number of anilines is 1. The second-order valence-corrected chi connectivity index (χ2v) is 11.2. The van der Waals surface area contributed by atoms with E-state index in [1.54, 1.807) is 11.5 Å². The maximum Gasteiger partial charge on any atom is 0.266 e. The number of hydroxylamine groups is 1. The van der Waals surface area contributed by atoms with Gasteiger partial charge in [0, 0.05) is 57.9 Å². The second-order valence-electron chi connectivity index (χ2n) is 8.11. The van der Waals surface area contributed by atoms with E-state index in [1.165, 1.54) is 4.31 Å². The van der Waals surface area contributed by atoms with Crippen molar-refractivity contribution in [1.29, 1.82) is 0 Å². The molecule has 0 spiro atoms. The van der Waals surface area contributed by atoms with E-state index in [0.29, 0.717) is 23.1 Å². The van der Waals surface area contributed by atoms with Crippen LogP contribution in [0, 0.1) is 0 Å². The first kappa shape index (κ1) is 27.0. The van der Waals surface area contributed by atoms with Gasteiger partial charge in [0.2, 0.25) is 10.0 Å². The molecule has 2 saturated heterocycles. The monoisotopic (exact) mass is 549 g/mol. The molecule has 0 aliphatic carbocycles. The fraction of sp³-hybridized carbons (Fsp3) is 0.409. The van der Waals surface area contributed by atoms with Crippen molar-refractivity contribution in [2.24, 2.45) is 0 Å². The van der Waals surface area contributed by atoms with Crippen molar-refractivity contribution < 1.29 is 23.2 Å². The van der Waals surface area contributed by atoms with E-state index in [1.807, 2.05) is 36.4 Å². The van der Waals surface area contributed by atoms with E-state index in [9.17, 15) is 18.4 Å². The zero-order valence-corrected chi connectivity index (χ0v) is 21.4. The van der Waals surface area contributed by atoms with Gasteiger partial charge in [-0.15, -0.1) is 12.4 Å². The molecule has 2 heterocycles. The van der Waals surface area contributed by atoms with E-state index < -0.39 is 20.7 Å². The Morgan fingerprint density at radius 2 is 1.53 bits per heavy atom. The molecule has 0 atom stereocenters. The van der Waals surface area contributed by atoms with Gasteiger partial charge in [0.05, 0.1) is 10.0 Å². The van der Waals surface area contributed by atoms with Crippen LogP contribution in [-0.4, -0.2) is 68.0 Å². The molecule has 2 aromatic carbocycles. The molecule has 34 heavy (non-hydrogen) atoms. The average Bonchev–Trinajstić information content (AvgIpc) is 2.85. The van der Waals surface area contributed by atoms with Gasteiger partial charge >= 0.3 is 0 Å². The van der Waals surface area contributed by atoms with E-state index in [2.05, 4.69) is 4.90 Å². The van der Waals surface area contributed by atoms with Gasteiger partial charge in [0.1, 0.15) is 0 Å². The molecule has 2 aromatic rings. The minimum Gasteiger partial charge on any atom is -0.381 e. The van der Waals surface area contributed by atoms with Crippen molar-refractivity contribution in [2.75, 3.05) is 44.3 Å². The second kappa shape index (κ2) is 11.0. The number of benzene rings is 2. The molecule has 1 amide bonds. The molecule has 2 aliphatic heterocycles. The third-order valence-electron chi connectivity index (χ3n) is 6.37. The summed E-state index contributed by atoms with van der Waals surface area (Å²) in [6, 6.07) is 13.4. The first-order valence-electron chi connectivity index (χ1n) is 10.6. The molecule has 2 fully saturated rings. The minimum absolute atomic E-state index is 0. The van der Waals surface area contributed by atoms with Gasteiger partial charge in [-0.05, 0) is 35.4 Å². The highest BCUT2D eigenvalue weighted by atomic mass is 35.5. The largest absolute Gasteiger partial charge is 0.381 e. The number of halogens is 3. The molecule has 12 heteroatoms. The first-order valence-corrected chi connectivity index (χ1v) is 12.8. The van der Waals surface area contributed by atoms with Crippen LogP contribution < -0.4 is 10.4 Å². The van der Waals surface area contributed by atoms with Crippen LogP contribution >= 0.6 is 35.6 Å². The summed E-state index contributed by atoms with van der Waals surface area (Å²) in [5, 5.41) is 10.2. The van der Waals surface area contributed by atoms with Crippen LogP contribution in [0.5, 0.6) is 0 Å². The number of hydrogen-bond donors (Lipinski definition) is 2. The third-order valence-corrected chi connectivity index (χ3v) is 9.74. The molecule has 186 valence electrons. The number of ether oxygens (including phenoxy) is 1. The van der Waals surface area contributed by atoms with Crippen LogP contribution in [0.2, 0.25) is 10.0 Å². The van der Waals surface area contributed by atoms with Crippen LogP contribution in [0.15, 0.2) is 42.5 Å².